The lowest BCUT2D eigenvalue weighted by molar-refractivity contribution is -0.182. The smallest absolute Gasteiger partial charge is 0.258 e. The van der Waals surface area contributed by atoms with Gasteiger partial charge < -0.3 is 15.2 Å². The van der Waals surface area contributed by atoms with Crippen molar-refractivity contribution in [3.8, 4) is 0 Å². The summed E-state index contributed by atoms with van der Waals surface area (Å²) >= 11 is 0. The summed E-state index contributed by atoms with van der Waals surface area (Å²) in [4.78, 5) is 25.7. The fourth-order valence-electron chi connectivity index (χ4n) is 3.08. The SMILES string of the molecule is CCOC1CC(N)C1N1C(=O)C2CCC(O2)C1=O. The Kier molecular flexibility index (Phi) is 2.88. The second-order valence-corrected chi connectivity index (χ2v) is 5.12. The summed E-state index contributed by atoms with van der Waals surface area (Å²) < 4.78 is 10.9. The van der Waals surface area contributed by atoms with Gasteiger partial charge in [-0.2, -0.15) is 0 Å². The molecule has 3 aliphatic rings. The predicted octanol–water partition coefficient (Wildman–Crippen LogP) is -0.592. The van der Waals surface area contributed by atoms with Crippen molar-refractivity contribution in [2.24, 2.45) is 5.73 Å². The van der Waals surface area contributed by atoms with E-state index < -0.39 is 12.2 Å². The van der Waals surface area contributed by atoms with Gasteiger partial charge in [0.1, 0.15) is 12.2 Å². The van der Waals surface area contributed by atoms with Gasteiger partial charge in [-0.3, -0.25) is 14.5 Å². The van der Waals surface area contributed by atoms with Crippen molar-refractivity contribution in [3.63, 3.8) is 0 Å². The Morgan fingerprint density at radius 3 is 2.44 bits per heavy atom. The van der Waals surface area contributed by atoms with Crippen LogP contribution in [-0.2, 0) is 19.1 Å². The van der Waals surface area contributed by atoms with Crippen molar-refractivity contribution in [1.29, 1.82) is 0 Å². The summed E-state index contributed by atoms with van der Waals surface area (Å²) in [5, 5.41) is 0. The third-order valence-corrected chi connectivity index (χ3v) is 4.05. The van der Waals surface area contributed by atoms with Gasteiger partial charge in [0.2, 0.25) is 0 Å². The number of imide groups is 1. The molecule has 0 aromatic heterocycles. The molecule has 3 rings (SSSR count). The van der Waals surface area contributed by atoms with Crippen LogP contribution >= 0.6 is 0 Å². The van der Waals surface area contributed by atoms with Gasteiger partial charge in [0.15, 0.2) is 0 Å². The van der Waals surface area contributed by atoms with Gasteiger partial charge in [0.05, 0.1) is 12.1 Å². The molecule has 0 radical (unpaired) electrons. The zero-order chi connectivity index (χ0) is 12.9. The van der Waals surface area contributed by atoms with Gasteiger partial charge in [-0.15, -0.1) is 0 Å². The van der Waals surface area contributed by atoms with E-state index >= 15 is 0 Å². The second-order valence-electron chi connectivity index (χ2n) is 5.12. The number of likely N-dealkylation sites (tertiary alicyclic amines) is 1. The summed E-state index contributed by atoms with van der Waals surface area (Å²) in [7, 11) is 0. The molecule has 2 amide bonds. The van der Waals surface area contributed by atoms with Crippen LogP contribution in [0.5, 0.6) is 0 Å². The highest BCUT2D eigenvalue weighted by atomic mass is 16.5. The number of carbonyl (C=O) groups excluding carboxylic acids is 2. The molecule has 0 aromatic rings. The van der Waals surface area contributed by atoms with Crippen LogP contribution in [0.1, 0.15) is 26.2 Å². The molecule has 18 heavy (non-hydrogen) atoms. The minimum absolute atomic E-state index is 0.115. The molecule has 6 nitrogen and oxygen atoms in total. The number of ether oxygens (including phenoxy) is 2. The number of rotatable bonds is 3. The number of amides is 2. The Labute approximate surface area is 105 Å². The molecule has 0 spiro atoms. The van der Waals surface area contributed by atoms with E-state index in [-0.39, 0.29) is 30.0 Å². The molecule has 0 aromatic carbocycles. The van der Waals surface area contributed by atoms with Crippen molar-refractivity contribution in [3.05, 3.63) is 0 Å². The van der Waals surface area contributed by atoms with Crippen molar-refractivity contribution in [1.82, 2.24) is 4.90 Å². The number of nitrogens with zero attached hydrogens (tertiary/aromatic N) is 1. The number of nitrogens with two attached hydrogens (primary N) is 1. The van der Waals surface area contributed by atoms with E-state index in [4.69, 9.17) is 15.2 Å². The maximum absolute atomic E-state index is 12.2. The predicted molar refractivity (Wildman–Crippen MR) is 61.5 cm³/mol. The lowest BCUT2D eigenvalue weighted by atomic mass is 9.81. The van der Waals surface area contributed by atoms with Gasteiger partial charge >= 0.3 is 0 Å². The van der Waals surface area contributed by atoms with Crippen LogP contribution in [0, 0.1) is 0 Å². The Morgan fingerprint density at radius 2 is 1.94 bits per heavy atom. The molecule has 2 N–H and O–H groups in total. The maximum atomic E-state index is 12.2. The largest absolute Gasteiger partial charge is 0.376 e. The number of carbonyl (C=O) groups is 2. The summed E-state index contributed by atoms with van der Waals surface area (Å²) in [6.45, 7) is 2.46. The summed E-state index contributed by atoms with van der Waals surface area (Å²) in [5.74, 6) is -0.475. The van der Waals surface area contributed by atoms with Gasteiger partial charge in [-0.1, -0.05) is 0 Å². The first-order valence-electron chi connectivity index (χ1n) is 6.53. The molecule has 6 heteroatoms. The van der Waals surface area contributed by atoms with Crippen LogP contribution in [0.3, 0.4) is 0 Å². The Balaban J connectivity index is 1.82. The first kappa shape index (κ1) is 12.1. The minimum Gasteiger partial charge on any atom is -0.376 e. The fourth-order valence-corrected chi connectivity index (χ4v) is 3.08. The molecular formula is C12H18N2O4. The number of hydrogen-bond acceptors (Lipinski definition) is 5. The third kappa shape index (κ3) is 1.60. The average molecular weight is 254 g/mol. The van der Waals surface area contributed by atoms with E-state index in [9.17, 15) is 9.59 Å². The molecule has 3 fully saturated rings. The van der Waals surface area contributed by atoms with Crippen LogP contribution in [0.25, 0.3) is 0 Å². The summed E-state index contributed by atoms with van der Waals surface area (Å²) in [5.41, 5.74) is 5.94. The first-order chi connectivity index (χ1) is 8.63. The quantitative estimate of drug-likeness (QED) is 0.681. The van der Waals surface area contributed by atoms with Crippen molar-refractivity contribution < 1.29 is 19.1 Å². The van der Waals surface area contributed by atoms with E-state index in [1.807, 2.05) is 6.92 Å². The molecule has 1 saturated carbocycles. The van der Waals surface area contributed by atoms with Crippen LogP contribution < -0.4 is 5.73 Å². The highest BCUT2D eigenvalue weighted by Gasteiger charge is 2.55. The first-order valence-corrected chi connectivity index (χ1v) is 6.53. The number of hydrogen-bond donors (Lipinski definition) is 1. The highest BCUT2D eigenvalue weighted by Crippen LogP contribution is 2.35. The lowest BCUT2D eigenvalue weighted by Gasteiger charge is -2.49. The zero-order valence-corrected chi connectivity index (χ0v) is 10.4. The average Bonchev–Trinajstić information content (AvgIpc) is 2.79. The highest BCUT2D eigenvalue weighted by molar-refractivity contribution is 6.03. The molecule has 5 atom stereocenters. The van der Waals surface area contributed by atoms with Gasteiger partial charge in [0.25, 0.3) is 11.8 Å². The molecular weight excluding hydrogens is 236 g/mol. The Morgan fingerprint density at radius 1 is 1.33 bits per heavy atom. The second kappa shape index (κ2) is 4.29. The van der Waals surface area contributed by atoms with E-state index in [2.05, 4.69) is 0 Å². The number of fused-ring (bicyclic) bond motifs is 2. The van der Waals surface area contributed by atoms with Crippen LogP contribution in [0.15, 0.2) is 0 Å². The van der Waals surface area contributed by atoms with E-state index in [0.717, 1.165) is 0 Å². The summed E-state index contributed by atoms with van der Waals surface area (Å²) in [6, 6.07) is -0.483. The summed E-state index contributed by atoms with van der Waals surface area (Å²) in [6.07, 6.45) is 0.937. The Bertz CT molecular complexity index is 362. The van der Waals surface area contributed by atoms with E-state index in [0.29, 0.717) is 25.9 Å². The molecule has 1 aliphatic carbocycles. The molecule has 100 valence electrons. The normalized spacial score (nSPS) is 43.2. The zero-order valence-electron chi connectivity index (χ0n) is 10.4. The van der Waals surface area contributed by atoms with Crippen LogP contribution in [-0.4, -0.2) is 53.7 Å². The standard InChI is InChI=1S/C12H18N2O4/c1-2-17-9-5-6(13)10(9)14-11(15)7-3-4-8(18-7)12(14)16/h6-10H,2-5,13H2,1H3. The van der Waals surface area contributed by atoms with Crippen molar-refractivity contribution in [2.75, 3.05) is 6.61 Å². The topological polar surface area (TPSA) is 81.9 Å². The van der Waals surface area contributed by atoms with Crippen LogP contribution in [0.4, 0.5) is 0 Å². The van der Waals surface area contributed by atoms with E-state index in [1.54, 1.807) is 0 Å². The van der Waals surface area contributed by atoms with Crippen LogP contribution in [0.2, 0.25) is 0 Å². The molecule has 2 aliphatic heterocycles. The molecule has 2 bridgehead atoms. The maximum Gasteiger partial charge on any atom is 0.258 e. The molecule has 2 saturated heterocycles. The van der Waals surface area contributed by atoms with Gasteiger partial charge in [-0.25, -0.2) is 0 Å². The lowest BCUT2D eigenvalue weighted by Crippen LogP contribution is -2.70. The van der Waals surface area contributed by atoms with Gasteiger partial charge in [-0.05, 0) is 26.2 Å². The Hall–Kier alpha value is -0.980. The monoisotopic (exact) mass is 254 g/mol. The van der Waals surface area contributed by atoms with E-state index in [1.165, 1.54) is 4.90 Å². The fraction of sp³-hybridized carbons (Fsp3) is 0.833. The third-order valence-electron chi connectivity index (χ3n) is 4.05. The number of morpholine rings is 1. The van der Waals surface area contributed by atoms with Crippen molar-refractivity contribution in [2.45, 2.75) is 56.6 Å². The molecule has 2 heterocycles. The minimum atomic E-state index is -0.456. The van der Waals surface area contributed by atoms with Gasteiger partial charge in [0, 0.05) is 12.6 Å². The molecule has 5 unspecified atom stereocenters. The van der Waals surface area contributed by atoms with Crippen molar-refractivity contribution >= 4 is 11.8 Å².